The molecule has 2 atom stereocenters. The van der Waals surface area contributed by atoms with Crippen LogP contribution in [0.25, 0.3) is 11.3 Å². The quantitative estimate of drug-likeness (QED) is 0.456. The number of rotatable bonds is 2. The molecule has 1 aliphatic heterocycles. The van der Waals surface area contributed by atoms with Crippen LogP contribution in [0.1, 0.15) is 73.7 Å². The van der Waals surface area contributed by atoms with Gasteiger partial charge < -0.3 is 9.72 Å². The van der Waals surface area contributed by atoms with Crippen molar-refractivity contribution in [3.8, 4) is 11.3 Å². The number of H-pyrrole nitrogens is 1. The van der Waals surface area contributed by atoms with Crippen LogP contribution in [-0.2, 0) is 4.74 Å². The monoisotopic (exact) mass is 499 g/mol. The molecule has 1 fully saturated rings. The van der Waals surface area contributed by atoms with E-state index in [1.54, 1.807) is 4.90 Å². The molecule has 5 nitrogen and oxygen atoms in total. The first-order chi connectivity index (χ1) is 14.1. The summed E-state index contributed by atoms with van der Waals surface area (Å²) >= 11 is 9.53. The third kappa shape index (κ3) is 7.02. The summed E-state index contributed by atoms with van der Waals surface area (Å²) < 4.78 is 6.37. The first kappa shape index (κ1) is 26.5. The number of aromatic nitrogens is 2. The Morgan fingerprint density at radius 3 is 2.30 bits per heavy atom. The van der Waals surface area contributed by atoms with Crippen molar-refractivity contribution < 1.29 is 9.53 Å². The highest BCUT2D eigenvalue weighted by molar-refractivity contribution is 9.10. The minimum atomic E-state index is -0.522. The van der Waals surface area contributed by atoms with E-state index in [0.29, 0.717) is 17.5 Å². The molecule has 0 spiro atoms. The van der Waals surface area contributed by atoms with Crippen molar-refractivity contribution in [2.45, 2.75) is 73.5 Å². The second-order valence-electron chi connectivity index (χ2n) is 7.78. The number of benzene rings is 1. The van der Waals surface area contributed by atoms with E-state index in [1.807, 2.05) is 72.7 Å². The number of aromatic amines is 1. The second kappa shape index (κ2) is 11.8. The standard InChI is InChI=1S/C19H23BrClN3O2.2C2H6/c1-11-9-14(24(10-11)18(25)26-19(2,3)4)17-22-15(16(20)23-17)12-5-7-13(21)8-6-12;2*1-2/h5-8,11,14H,9-10H2,1-4H3,(H,22,23);2*1-2H3. The average molecular weight is 501 g/mol. The maximum atomic E-state index is 12.6. The molecule has 1 amide bonds. The summed E-state index contributed by atoms with van der Waals surface area (Å²) in [4.78, 5) is 22.4. The van der Waals surface area contributed by atoms with Gasteiger partial charge in [0.2, 0.25) is 0 Å². The lowest BCUT2D eigenvalue weighted by Gasteiger charge is -2.27. The first-order valence-corrected chi connectivity index (χ1v) is 11.8. The van der Waals surface area contributed by atoms with Crippen molar-refractivity contribution in [3.63, 3.8) is 0 Å². The largest absolute Gasteiger partial charge is 0.444 e. The van der Waals surface area contributed by atoms with Gasteiger partial charge in [-0.25, -0.2) is 9.78 Å². The second-order valence-corrected chi connectivity index (χ2v) is 9.01. The van der Waals surface area contributed by atoms with Gasteiger partial charge >= 0.3 is 6.09 Å². The fourth-order valence-electron chi connectivity index (χ4n) is 3.15. The number of halogens is 2. The summed E-state index contributed by atoms with van der Waals surface area (Å²) in [6.07, 6.45) is 0.548. The van der Waals surface area contributed by atoms with Crippen LogP contribution >= 0.6 is 27.5 Å². The van der Waals surface area contributed by atoms with Crippen molar-refractivity contribution >= 4 is 33.6 Å². The van der Waals surface area contributed by atoms with Crippen LogP contribution in [0, 0.1) is 5.92 Å². The number of imidazole rings is 1. The zero-order valence-corrected chi connectivity index (χ0v) is 21.7. The molecule has 7 heteroatoms. The summed E-state index contributed by atoms with van der Waals surface area (Å²) in [5.41, 5.74) is 1.24. The predicted octanol–water partition coefficient (Wildman–Crippen LogP) is 7.86. The molecular formula is C23H35BrClN3O2. The Labute approximate surface area is 194 Å². The molecule has 3 rings (SSSR count). The zero-order chi connectivity index (χ0) is 23.1. The zero-order valence-electron chi connectivity index (χ0n) is 19.3. The van der Waals surface area contributed by atoms with E-state index in [0.717, 1.165) is 28.1 Å². The molecule has 168 valence electrons. The minimum Gasteiger partial charge on any atom is -0.444 e. The van der Waals surface area contributed by atoms with Crippen molar-refractivity contribution in [2.24, 2.45) is 5.92 Å². The molecule has 1 aliphatic rings. The van der Waals surface area contributed by atoms with Crippen LogP contribution in [0.4, 0.5) is 4.79 Å². The van der Waals surface area contributed by atoms with Gasteiger partial charge in [0.1, 0.15) is 21.7 Å². The Morgan fingerprint density at radius 1 is 1.20 bits per heavy atom. The number of nitrogens with one attached hydrogen (secondary N) is 1. The Balaban J connectivity index is 0.00000106. The summed E-state index contributed by atoms with van der Waals surface area (Å²) in [7, 11) is 0. The molecule has 1 saturated heterocycles. The number of carbonyl (C=O) groups excluding carboxylic acids is 1. The van der Waals surface area contributed by atoms with Crippen molar-refractivity contribution in [1.82, 2.24) is 14.9 Å². The van der Waals surface area contributed by atoms with Crippen LogP contribution in [-0.4, -0.2) is 33.1 Å². The molecule has 2 aromatic rings. The molecule has 1 aromatic carbocycles. The van der Waals surface area contributed by atoms with Gasteiger partial charge in [-0.1, -0.05) is 58.4 Å². The summed E-state index contributed by atoms with van der Waals surface area (Å²) in [6, 6.07) is 7.40. The van der Waals surface area contributed by atoms with Gasteiger partial charge in [0.05, 0.1) is 6.04 Å². The third-order valence-electron chi connectivity index (χ3n) is 4.25. The van der Waals surface area contributed by atoms with Gasteiger partial charge in [-0.15, -0.1) is 0 Å². The summed E-state index contributed by atoms with van der Waals surface area (Å²) in [5, 5.41) is 0.682. The average Bonchev–Trinajstić information content (AvgIpc) is 3.27. The molecule has 2 unspecified atom stereocenters. The smallest absolute Gasteiger partial charge is 0.410 e. The maximum Gasteiger partial charge on any atom is 0.410 e. The van der Waals surface area contributed by atoms with Gasteiger partial charge in [-0.05, 0) is 61.2 Å². The SMILES string of the molecule is CC.CC.CC1CC(c2nc(-c3ccc(Cl)cc3)c(Br)[nH]2)N(C(=O)OC(C)(C)C)C1. The van der Waals surface area contributed by atoms with Crippen LogP contribution in [0.2, 0.25) is 5.02 Å². The van der Waals surface area contributed by atoms with E-state index in [1.165, 1.54) is 0 Å². The highest BCUT2D eigenvalue weighted by Gasteiger charge is 2.38. The first-order valence-electron chi connectivity index (χ1n) is 10.6. The maximum absolute atomic E-state index is 12.6. The van der Waals surface area contributed by atoms with E-state index in [4.69, 9.17) is 21.3 Å². The van der Waals surface area contributed by atoms with E-state index in [2.05, 4.69) is 27.8 Å². The third-order valence-corrected chi connectivity index (χ3v) is 5.08. The fourth-order valence-corrected chi connectivity index (χ4v) is 3.80. The topological polar surface area (TPSA) is 58.2 Å². The highest BCUT2D eigenvalue weighted by atomic mass is 79.9. The number of nitrogens with zero attached hydrogens (tertiary/aromatic N) is 2. The Bertz CT molecular complexity index is 800. The minimum absolute atomic E-state index is 0.128. The van der Waals surface area contributed by atoms with Gasteiger partial charge in [-0.2, -0.15) is 0 Å². The van der Waals surface area contributed by atoms with Crippen LogP contribution in [0.15, 0.2) is 28.9 Å². The Morgan fingerprint density at radius 2 is 1.77 bits per heavy atom. The van der Waals surface area contributed by atoms with Gasteiger partial charge in [0, 0.05) is 17.1 Å². The Kier molecular flexibility index (Phi) is 10.4. The van der Waals surface area contributed by atoms with Gasteiger partial charge in [-0.3, -0.25) is 4.90 Å². The fraction of sp³-hybridized carbons (Fsp3) is 0.565. The van der Waals surface area contributed by atoms with Gasteiger partial charge in [0.25, 0.3) is 0 Å². The highest BCUT2D eigenvalue weighted by Crippen LogP contribution is 2.37. The molecule has 30 heavy (non-hydrogen) atoms. The molecule has 0 radical (unpaired) electrons. The predicted molar refractivity (Wildman–Crippen MR) is 129 cm³/mol. The molecule has 1 aromatic heterocycles. The van der Waals surface area contributed by atoms with Crippen LogP contribution in [0.5, 0.6) is 0 Å². The number of carbonyl (C=O) groups is 1. The Hall–Kier alpha value is -1.53. The number of amides is 1. The molecule has 0 bridgehead atoms. The van der Waals surface area contributed by atoms with Gasteiger partial charge in [0.15, 0.2) is 0 Å². The molecule has 2 heterocycles. The van der Waals surface area contributed by atoms with Crippen molar-refractivity contribution in [2.75, 3.05) is 6.54 Å². The number of hydrogen-bond donors (Lipinski definition) is 1. The van der Waals surface area contributed by atoms with Crippen molar-refractivity contribution in [3.05, 3.63) is 39.7 Å². The van der Waals surface area contributed by atoms with E-state index >= 15 is 0 Å². The lowest BCUT2D eigenvalue weighted by Crippen LogP contribution is -2.37. The normalized spacial score (nSPS) is 18.1. The summed E-state index contributed by atoms with van der Waals surface area (Å²) in [5.74, 6) is 1.15. The molecule has 0 saturated carbocycles. The van der Waals surface area contributed by atoms with Crippen molar-refractivity contribution in [1.29, 1.82) is 0 Å². The molecule has 0 aliphatic carbocycles. The van der Waals surface area contributed by atoms with E-state index in [9.17, 15) is 4.79 Å². The lowest BCUT2D eigenvalue weighted by molar-refractivity contribution is 0.0214. The summed E-state index contributed by atoms with van der Waals surface area (Å²) in [6.45, 7) is 16.4. The molecule has 1 N–H and O–H groups in total. The number of hydrogen-bond acceptors (Lipinski definition) is 3. The van der Waals surface area contributed by atoms with Crippen LogP contribution < -0.4 is 0 Å². The van der Waals surface area contributed by atoms with Crippen LogP contribution in [0.3, 0.4) is 0 Å². The van der Waals surface area contributed by atoms with E-state index < -0.39 is 5.60 Å². The molecular weight excluding hydrogens is 466 g/mol. The lowest BCUT2D eigenvalue weighted by atomic mass is 10.1. The number of likely N-dealkylation sites (tertiary alicyclic amines) is 1. The van der Waals surface area contributed by atoms with E-state index in [-0.39, 0.29) is 12.1 Å². The number of ether oxygens (including phenoxy) is 1.